The minimum absolute atomic E-state index is 0.394. The topological polar surface area (TPSA) is 55.1 Å². The molecule has 110 valence electrons. The van der Waals surface area contributed by atoms with Crippen LogP contribution in [0.3, 0.4) is 0 Å². The van der Waals surface area contributed by atoms with E-state index in [2.05, 4.69) is 11.5 Å². The van der Waals surface area contributed by atoms with Crippen molar-refractivity contribution in [2.45, 2.75) is 51.0 Å². The summed E-state index contributed by atoms with van der Waals surface area (Å²) in [7, 11) is 0. The second kappa shape index (κ2) is 4.58. The van der Waals surface area contributed by atoms with Crippen LogP contribution >= 0.6 is 0 Å². The minimum atomic E-state index is -0.852. The quantitative estimate of drug-likeness (QED) is 0.927. The van der Waals surface area contributed by atoms with Gasteiger partial charge in [0.2, 0.25) is 0 Å². The second-order valence-corrected chi connectivity index (χ2v) is 6.57. The molecule has 0 aliphatic heterocycles. The average molecular weight is 284 g/mol. The van der Waals surface area contributed by atoms with Crippen molar-refractivity contribution in [3.63, 3.8) is 0 Å². The number of aromatic carboxylic acids is 1. The third kappa shape index (κ3) is 1.96. The molecular weight excluding hydrogens is 264 g/mol. The number of hydrogen-bond donors (Lipinski definition) is 1. The summed E-state index contributed by atoms with van der Waals surface area (Å²) >= 11 is 0. The lowest BCUT2D eigenvalue weighted by molar-refractivity contribution is 0.0698. The van der Waals surface area contributed by atoms with Crippen LogP contribution in [0.15, 0.2) is 18.2 Å². The average Bonchev–Trinajstić information content (AvgIpc) is 3.12. The van der Waals surface area contributed by atoms with Gasteiger partial charge in [0, 0.05) is 12.0 Å². The first-order valence-corrected chi connectivity index (χ1v) is 7.91. The van der Waals surface area contributed by atoms with Gasteiger partial charge in [0.05, 0.1) is 16.6 Å². The SMILES string of the molecule is CC1CCCC1n1c(C2CC2)nc2cccc(C(=O)O)c21. The molecule has 21 heavy (non-hydrogen) atoms. The zero-order valence-electron chi connectivity index (χ0n) is 12.2. The monoisotopic (exact) mass is 284 g/mol. The fraction of sp³-hybridized carbons (Fsp3) is 0.529. The van der Waals surface area contributed by atoms with Gasteiger partial charge in [-0.05, 0) is 43.7 Å². The van der Waals surface area contributed by atoms with E-state index < -0.39 is 5.97 Å². The molecule has 2 unspecified atom stereocenters. The Hall–Kier alpha value is -1.84. The Labute approximate surface area is 123 Å². The van der Waals surface area contributed by atoms with Crippen molar-refractivity contribution >= 4 is 17.0 Å². The highest BCUT2D eigenvalue weighted by atomic mass is 16.4. The number of carboxylic acid groups (broad SMARTS) is 1. The molecule has 4 heteroatoms. The van der Waals surface area contributed by atoms with Crippen LogP contribution in [0, 0.1) is 5.92 Å². The molecule has 1 heterocycles. The number of carboxylic acids is 1. The van der Waals surface area contributed by atoms with E-state index >= 15 is 0 Å². The van der Waals surface area contributed by atoms with Gasteiger partial charge in [-0.3, -0.25) is 0 Å². The van der Waals surface area contributed by atoms with Gasteiger partial charge < -0.3 is 9.67 Å². The molecule has 1 aromatic carbocycles. The van der Waals surface area contributed by atoms with Gasteiger partial charge in [-0.25, -0.2) is 9.78 Å². The summed E-state index contributed by atoms with van der Waals surface area (Å²) in [5.74, 6) is 1.40. The van der Waals surface area contributed by atoms with Crippen LogP contribution in [0.2, 0.25) is 0 Å². The predicted molar refractivity (Wildman–Crippen MR) is 80.7 cm³/mol. The van der Waals surface area contributed by atoms with E-state index in [1.807, 2.05) is 6.07 Å². The number of rotatable bonds is 3. The molecule has 0 saturated heterocycles. The first-order valence-electron chi connectivity index (χ1n) is 7.91. The molecule has 0 amide bonds. The standard InChI is InChI=1S/C17H20N2O2/c1-10-4-2-7-14(10)19-15-12(17(20)21)5-3-6-13(15)18-16(19)11-8-9-11/h3,5-6,10-11,14H,2,4,7-9H2,1H3,(H,20,21). The molecule has 2 aliphatic rings. The molecule has 2 aliphatic carbocycles. The zero-order valence-corrected chi connectivity index (χ0v) is 12.2. The molecule has 2 aromatic rings. The molecule has 2 saturated carbocycles. The minimum Gasteiger partial charge on any atom is -0.478 e. The Balaban J connectivity index is 2.00. The molecule has 1 aromatic heterocycles. The fourth-order valence-electron chi connectivity index (χ4n) is 3.81. The lowest BCUT2D eigenvalue weighted by atomic mass is 10.0. The van der Waals surface area contributed by atoms with Crippen LogP contribution in [0.25, 0.3) is 11.0 Å². The number of para-hydroxylation sites is 1. The van der Waals surface area contributed by atoms with Crippen LogP contribution in [0.4, 0.5) is 0 Å². The maximum Gasteiger partial charge on any atom is 0.337 e. The number of carbonyl (C=O) groups is 1. The maximum absolute atomic E-state index is 11.6. The number of hydrogen-bond acceptors (Lipinski definition) is 2. The Bertz CT molecular complexity index is 715. The van der Waals surface area contributed by atoms with Gasteiger partial charge in [0.15, 0.2) is 0 Å². The van der Waals surface area contributed by atoms with E-state index in [0.29, 0.717) is 23.4 Å². The van der Waals surface area contributed by atoms with Crippen molar-refractivity contribution in [3.8, 4) is 0 Å². The van der Waals surface area contributed by atoms with Crippen molar-refractivity contribution < 1.29 is 9.90 Å². The van der Waals surface area contributed by atoms with Gasteiger partial charge in [-0.1, -0.05) is 19.4 Å². The largest absolute Gasteiger partial charge is 0.478 e. The molecule has 0 radical (unpaired) electrons. The van der Waals surface area contributed by atoms with Gasteiger partial charge in [-0.15, -0.1) is 0 Å². The van der Waals surface area contributed by atoms with Crippen LogP contribution < -0.4 is 0 Å². The van der Waals surface area contributed by atoms with Gasteiger partial charge in [-0.2, -0.15) is 0 Å². The van der Waals surface area contributed by atoms with E-state index in [-0.39, 0.29) is 0 Å². The van der Waals surface area contributed by atoms with E-state index in [4.69, 9.17) is 4.98 Å². The Morgan fingerprint density at radius 2 is 2.10 bits per heavy atom. The van der Waals surface area contributed by atoms with Crippen molar-refractivity contribution in [1.82, 2.24) is 9.55 Å². The second-order valence-electron chi connectivity index (χ2n) is 6.57. The summed E-state index contributed by atoms with van der Waals surface area (Å²) in [6, 6.07) is 5.87. The van der Waals surface area contributed by atoms with Crippen molar-refractivity contribution in [1.29, 1.82) is 0 Å². The van der Waals surface area contributed by atoms with Gasteiger partial charge in [0.1, 0.15) is 5.82 Å². The van der Waals surface area contributed by atoms with E-state index in [1.165, 1.54) is 25.7 Å². The van der Waals surface area contributed by atoms with Gasteiger partial charge >= 0.3 is 5.97 Å². The Morgan fingerprint density at radius 1 is 1.29 bits per heavy atom. The van der Waals surface area contributed by atoms with Crippen molar-refractivity contribution in [2.75, 3.05) is 0 Å². The predicted octanol–water partition coefficient (Wildman–Crippen LogP) is 3.97. The third-order valence-electron chi connectivity index (χ3n) is 5.06. The normalized spacial score (nSPS) is 25.6. The Kier molecular flexibility index (Phi) is 2.81. The lowest BCUT2D eigenvalue weighted by Crippen LogP contribution is -2.16. The molecule has 2 fully saturated rings. The molecule has 0 bridgehead atoms. The van der Waals surface area contributed by atoms with E-state index in [0.717, 1.165) is 23.3 Å². The summed E-state index contributed by atoms with van der Waals surface area (Å²) < 4.78 is 2.29. The maximum atomic E-state index is 11.6. The number of benzene rings is 1. The summed E-state index contributed by atoms with van der Waals surface area (Å²) in [6.45, 7) is 2.28. The van der Waals surface area contributed by atoms with E-state index in [9.17, 15) is 9.90 Å². The molecular formula is C17H20N2O2. The fourth-order valence-corrected chi connectivity index (χ4v) is 3.81. The number of nitrogens with zero attached hydrogens (tertiary/aromatic N) is 2. The molecule has 1 N–H and O–H groups in total. The zero-order chi connectivity index (χ0) is 14.6. The smallest absolute Gasteiger partial charge is 0.337 e. The first kappa shape index (κ1) is 12.9. The number of imidazole rings is 1. The highest BCUT2D eigenvalue weighted by Crippen LogP contribution is 2.46. The first-order chi connectivity index (χ1) is 10.2. The third-order valence-corrected chi connectivity index (χ3v) is 5.06. The highest BCUT2D eigenvalue weighted by Gasteiger charge is 2.35. The Morgan fingerprint density at radius 3 is 2.71 bits per heavy atom. The molecule has 2 atom stereocenters. The molecule has 0 spiro atoms. The summed E-state index contributed by atoms with van der Waals surface area (Å²) in [5, 5.41) is 9.54. The summed E-state index contributed by atoms with van der Waals surface area (Å²) in [4.78, 5) is 16.4. The number of fused-ring (bicyclic) bond motifs is 1. The van der Waals surface area contributed by atoms with Crippen molar-refractivity contribution in [3.05, 3.63) is 29.6 Å². The van der Waals surface area contributed by atoms with Crippen LogP contribution in [-0.2, 0) is 0 Å². The number of aromatic nitrogens is 2. The van der Waals surface area contributed by atoms with Crippen LogP contribution in [-0.4, -0.2) is 20.6 Å². The summed E-state index contributed by atoms with van der Waals surface area (Å²) in [6.07, 6.45) is 5.97. The molecule has 4 nitrogen and oxygen atoms in total. The van der Waals surface area contributed by atoms with Gasteiger partial charge in [0.25, 0.3) is 0 Å². The highest BCUT2D eigenvalue weighted by molar-refractivity contribution is 6.01. The summed E-state index contributed by atoms with van der Waals surface area (Å²) in [5.41, 5.74) is 2.08. The van der Waals surface area contributed by atoms with Crippen molar-refractivity contribution in [2.24, 2.45) is 5.92 Å². The lowest BCUT2D eigenvalue weighted by Gasteiger charge is -2.21. The molecule has 4 rings (SSSR count). The van der Waals surface area contributed by atoms with Crippen LogP contribution in [0.1, 0.15) is 67.2 Å². The van der Waals surface area contributed by atoms with Crippen LogP contribution in [0.5, 0.6) is 0 Å². The van der Waals surface area contributed by atoms with E-state index in [1.54, 1.807) is 12.1 Å².